The van der Waals surface area contributed by atoms with Gasteiger partial charge in [0.05, 0.1) is 0 Å². The molecule has 0 unspecified atom stereocenters. The van der Waals surface area contributed by atoms with Gasteiger partial charge in [-0.25, -0.2) is 4.79 Å². The van der Waals surface area contributed by atoms with Gasteiger partial charge < -0.3 is 19.8 Å². The van der Waals surface area contributed by atoms with Crippen molar-refractivity contribution in [2.24, 2.45) is 11.8 Å². The number of hydrogen-bond acceptors (Lipinski definition) is 3. The van der Waals surface area contributed by atoms with Crippen molar-refractivity contribution in [1.29, 1.82) is 0 Å². The highest BCUT2D eigenvalue weighted by Gasteiger charge is 2.29. The van der Waals surface area contributed by atoms with Crippen molar-refractivity contribution in [3.8, 4) is 0 Å². The van der Waals surface area contributed by atoms with Crippen LogP contribution in [0.5, 0.6) is 0 Å². The second-order valence-electron chi connectivity index (χ2n) is 6.44. The summed E-state index contributed by atoms with van der Waals surface area (Å²) >= 11 is 0. The summed E-state index contributed by atoms with van der Waals surface area (Å²) in [6, 6.07) is 0. The summed E-state index contributed by atoms with van der Waals surface area (Å²) in [6.45, 7) is 2.21. The molecule has 1 saturated carbocycles. The van der Waals surface area contributed by atoms with Gasteiger partial charge in [-0.05, 0) is 45.7 Å². The van der Waals surface area contributed by atoms with Gasteiger partial charge in [-0.3, -0.25) is 4.79 Å². The van der Waals surface area contributed by atoms with E-state index in [1.54, 1.807) is 7.05 Å². The van der Waals surface area contributed by atoms with Crippen LogP contribution >= 0.6 is 0 Å². The minimum atomic E-state index is -0.878. The Bertz CT molecular complexity index is 352. The molecule has 0 spiro atoms. The number of rotatable bonds is 6. The number of hydrogen-bond donors (Lipinski definition) is 1. The first-order valence-electron chi connectivity index (χ1n) is 7.65. The van der Waals surface area contributed by atoms with Gasteiger partial charge in [0, 0.05) is 39.6 Å². The molecule has 0 radical (unpaired) electrons. The Labute approximate surface area is 127 Å². The molecule has 122 valence electrons. The fourth-order valence-corrected chi connectivity index (χ4v) is 2.83. The first-order valence-corrected chi connectivity index (χ1v) is 7.65. The van der Waals surface area contributed by atoms with Gasteiger partial charge in [-0.15, -0.1) is 0 Å². The van der Waals surface area contributed by atoms with Crippen molar-refractivity contribution >= 4 is 12.0 Å². The lowest BCUT2D eigenvalue weighted by atomic mass is 9.81. The van der Waals surface area contributed by atoms with Gasteiger partial charge >= 0.3 is 6.09 Å². The van der Waals surface area contributed by atoms with Crippen LogP contribution in [0.3, 0.4) is 0 Å². The average Bonchev–Trinajstić information content (AvgIpc) is 2.44. The van der Waals surface area contributed by atoms with E-state index in [-0.39, 0.29) is 11.8 Å². The van der Waals surface area contributed by atoms with Gasteiger partial charge in [0.2, 0.25) is 5.91 Å². The third kappa shape index (κ3) is 5.91. The Morgan fingerprint density at radius 1 is 0.952 bits per heavy atom. The Morgan fingerprint density at radius 2 is 1.52 bits per heavy atom. The fraction of sp³-hybridized carbons (Fsp3) is 0.867. The highest BCUT2D eigenvalue weighted by molar-refractivity contribution is 5.78. The summed E-state index contributed by atoms with van der Waals surface area (Å²) in [5, 5.41) is 8.89. The van der Waals surface area contributed by atoms with Crippen LogP contribution in [0.4, 0.5) is 4.79 Å². The van der Waals surface area contributed by atoms with E-state index in [1.807, 2.05) is 26.0 Å². The Balaban J connectivity index is 2.34. The summed E-state index contributed by atoms with van der Waals surface area (Å²) in [5.41, 5.74) is 0. The number of likely N-dealkylation sites (N-methyl/N-ethyl adjacent to an activating group) is 2. The van der Waals surface area contributed by atoms with Crippen LogP contribution in [-0.2, 0) is 4.79 Å². The van der Waals surface area contributed by atoms with Gasteiger partial charge in [-0.2, -0.15) is 0 Å². The molecule has 2 amide bonds. The third-order valence-electron chi connectivity index (χ3n) is 4.31. The van der Waals surface area contributed by atoms with Crippen LogP contribution in [-0.4, -0.2) is 79.6 Å². The van der Waals surface area contributed by atoms with Crippen LogP contribution < -0.4 is 0 Å². The molecule has 0 aromatic heterocycles. The summed E-state index contributed by atoms with van der Waals surface area (Å²) in [4.78, 5) is 28.4. The number of carbonyl (C=O) groups excluding carboxylic acids is 1. The van der Waals surface area contributed by atoms with E-state index in [2.05, 4.69) is 4.90 Å². The Hall–Kier alpha value is -1.30. The second kappa shape index (κ2) is 8.22. The molecular formula is C15H29N3O3. The molecule has 1 rings (SSSR count). The molecule has 0 saturated heterocycles. The lowest BCUT2D eigenvalue weighted by molar-refractivity contribution is -0.135. The molecular weight excluding hydrogens is 270 g/mol. The van der Waals surface area contributed by atoms with E-state index in [1.165, 1.54) is 4.90 Å². The predicted molar refractivity (Wildman–Crippen MR) is 82.3 cm³/mol. The molecule has 0 atom stereocenters. The van der Waals surface area contributed by atoms with E-state index >= 15 is 0 Å². The molecule has 1 N–H and O–H groups in total. The number of nitrogens with zero attached hydrogens (tertiary/aromatic N) is 3. The van der Waals surface area contributed by atoms with E-state index in [0.717, 1.165) is 38.8 Å². The standard InChI is InChI=1S/C15H29N3O3/c1-16(2)9-10-17(3)14(19)13-7-5-12(6-8-13)11-18(4)15(20)21/h12-13H,5-11H2,1-4H3,(H,20,21). The van der Waals surface area contributed by atoms with E-state index in [4.69, 9.17) is 5.11 Å². The first-order chi connectivity index (χ1) is 9.81. The molecule has 0 heterocycles. The normalized spacial score (nSPS) is 22.1. The van der Waals surface area contributed by atoms with Gasteiger partial charge in [0.25, 0.3) is 0 Å². The second-order valence-corrected chi connectivity index (χ2v) is 6.44. The summed E-state index contributed by atoms with van der Waals surface area (Å²) < 4.78 is 0. The minimum Gasteiger partial charge on any atom is -0.465 e. The zero-order valence-electron chi connectivity index (χ0n) is 13.7. The zero-order chi connectivity index (χ0) is 16.0. The Morgan fingerprint density at radius 3 is 2.00 bits per heavy atom. The van der Waals surface area contributed by atoms with Gasteiger partial charge in [-0.1, -0.05) is 0 Å². The summed E-state index contributed by atoms with van der Waals surface area (Å²) in [6.07, 6.45) is 2.76. The Kier molecular flexibility index (Phi) is 6.95. The maximum Gasteiger partial charge on any atom is 0.407 e. The van der Waals surface area contributed by atoms with Crippen LogP contribution in [0.15, 0.2) is 0 Å². The van der Waals surface area contributed by atoms with Gasteiger partial charge in [0.1, 0.15) is 0 Å². The number of carboxylic acid groups (broad SMARTS) is 1. The number of amides is 2. The summed E-state index contributed by atoms with van der Waals surface area (Å²) in [5.74, 6) is 0.743. The van der Waals surface area contributed by atoms with Gasteiger partial charge in [0.15, 0.2) is 0 Å². The lowest BCUT2D eigenvalue weighted by Gasteiger charge is -2.32. The fourth-order valence-electron chi connectivity index (χ4n) is 2.83. The SMILES string of the molecule is CN(C)CCN(C)C(=O)C1CCC(CN(C)C(=O)O)CC1. The van der Waals surface area contributed by atoms with Crippen molar-refractivity contribution < 1.29 is 14.7 Å². The third-order valence-corrected chi connectivity index (χ3v) is 4.31. The maximum absolute atomic E-state index is 12.4. The van der Waals surface area contributed by atoms with E-state index < -0.39 is 6.09 Å². The highest BCUT2D eigenvalue weighted by atomic mass is 16.4. The minimum absolute atomic E-state index is 0.114. The largest absolute Gasteiger partial charge is 0.465 e. The van der Waals surface area contributed by atoms with Crippen LogP contribution in [0.25, 0.3) is 0 Å². The van der Waals surface area contributed by atoms with E-state index in [9.17, 15) is 9.59 Å². The van der Waals surface area contributed by atoms with Crippen molar-refractivity contribution in [2.45, 2.75) is 25.7 Å². The lowest BCUT2D eigenvalue weighted by Crippen LogP contribution is -2.39. The molecule has 1 fully saturated rings. The smallest absolute Gasteiger partial charge is 0.407 e. The monoisotopic (exact) mass is 299 g/mol. The maximum atomic E-state index is 12.4. The molecule has 6 heteroatoms. The van der Waals surface area contributed by atoms with Crippen molar-refractivity contribution in [1.82, 2.24) is 14.7 Å². The van der Waals surface area contributed by atoms with Crippen molar-refractivity contribution in [3.63, 3.8) is 0 Å². The molecule has 0 aromatic rings. The van der Waals surface area contributed by atoms with Crippen LogP contribution in [0.2, 0.25) is 0 Å². The van der Waals surface area contributed by atoms with E-state index in [0.29, 0.717) is 12.5 Å². The quantitative estimate of drug-likeness (QED) is 0.806. The molecule has 0 aliphatic heterocycles. The topological polar surface area (TPSA) is 64.1 Å². The molecule has 21 heavy (non-hydrogen) atoms. The van der Waals surface area contributed by atoms with Crippen molar-refractivity contribution in [2.75, 3.05) is 47.8 Å². The molecule has 0 bridgehead atoms. The molecule has 1 aliphatic rings. The zero-order valence-corrected chi connectivity index (χ0v) is 13.7. The predicted octanol–water partition coefficient (Wildman–Crippen LogP) is 1.42. The highest BCUT2D eigenvalue weighted by Crippen LogP contribution is 2.30. The average molecular weight is 299 g/mol. The van der Waals surface area contributed by atoms with Crippen LogP contribution in [0, 0.1) is 11.8 Å². The first kappa shape index (κ1) is 17.8. The molecule has 1 aliphatic carbocycles. The summed E-state index contributed by atoms with van der Waals surface area (Å²) in [7, 11) is 7.48. The molecule has 6 nitrogen and oxygen atoms in total. The van der Waals surface area contributed by atoms with Crippen molar-refractivity contribution in [3.05, 3.63) is 0 Å². The number of carbonyl (C=O) groups is 2. The van der Waals surface area contributed by atoms with Crippen LogP contribution in [0.1, 0.15) is 25.7 Å². The molecule has 0 aromatic carbocycles.